The lowest BCUT2D eigenvalue weighted by molar-refractivity contribution is 0.294. The van der Waals surface area contributed by atoms with Gasteiger partial charge in [0.05, 0.1) is 6.61 Å². The Balaban J connectivity index is 2.67. The fourth-order valence-electron chi connectivity index (χ4n) is 0.826. The van der Waals surface area contributed by atoms with Crippen molar-refractivity contribution in [2.45, 2.75) is 6.42 Å². The smallest absolute Gasteiger partial charge is 0.313 e. The molecule has 0 unspecified atom stereocenters. The Morgan fingerprint density at radius 3 is 3.15 bits per heavy atom. The summed E-state index contributed by atoms with van der Waals surface area (Å²) in [5.74, 6) is 0.137. The molecule has 13 heavy (non-hydrogen) atoms. The van der Waals surface area contributed by atoms with E-state index in [0.717, 1.165) is 6.42 Å². The van der Waals surface area contributed by atoms with Crippen LogP contribution >= 0.6 is 0 Å². The highest BCUT2D eigenvalue weighted by Crippen LogP contribution is 1.95. The molecule has 0 fully saturated rings. The predicted molar refractivity (Wildman–Crippen MR) is 48.6 cm³/mol. The standard InChI is InChI=1S/C8H13N3O2/c1-11-5-4-10-7(8(11)12)13-6-2-3-9/h4-5H,2-3,6,9H2,1H3. The summed E-state index contributed by atoms with van der Waals surface area (Å²) in [5.41, 5.74) is 5.05. The van der Waals surface area contributed by atoms with Gasteiger partial charge < -0.3 is 15.0 Å². The highest BCUT2D eigenvalue weighted by molar-refractivity contribution is 5.03. The molecule has 1 rings (SSSR count). The van der Waals surface area contributed by atoms with Gasteiger partial charge in [-0.1, -0.05) is 0 Å². The predicted octanol–water partition coefficient (Wildman–Crippen LogP) is -0.492. The van der Waals surface area contributed by atoms with Crippen molar-refractivity contribution in [2.24, 2.45) is 12.8 Å². The van der Waals surface area contributed by atoms with Gasteiger partial charge in [0.15, 0.2) is 0 Å². The van der Waals surface area contributed by atoms with Crippen molar-refractivity contribution in [1.82, 2.24) is 9.55 Å². The van der Waals surface area contributed by atoms with Crippen LogP contribution in [0.15, 0.2) is 17.2 Å². The lowest BCUT2D eigenvalue weighted by Crippen LogP contribution is -2.20. The number of hydrogen-bond donors (Lipinski definition) is 1. The summed E-state index contributed by atoms with van der Waals surface area (Å²) in [6.07, 6.45) is 3.83. The summed E-state index contributed by atoms with van der Waals surface area (Å²) in [5, 5.41) is 0. The van der Waals surface area contributed by atoms with E-state index in [0.29, 0.717) is 13.2 Å². The quantitative estimate of drug-likeness (QED) is 0.639. The summed E-state index contributed by atoms with van der Waals surface area (Å²) < 4.78 is 6.55. The zero-order chi connectivity index (χ0) is 9.68. The van der Waals surface area contributed by atoms with E-state index >= 15 is 0 Å². The maximum Gasteiger partial charge on any atom is 0.313 e. The Morgan fingerprint density at radius 2 is 2.46 bits per heavy atom. The molecule has 2 N–H and O–H groups in total. The van der Waals surface area contributed by atoms with E-state index in [1.165, 1.54) is 10.8 Å². The fourth-order valence-corrected chi connectivity index (χ4v) is 0.826. The topological polar surface area (TPSA) is 70.1 Å². The van der Waals surface area contributed by atoms with Crippen molar-refractivity contribution >= 4 is 0 Å². The van der Waals surface area contributed by atoms with E-state index in [1.807, 2.05) is 0 Å². The van der Waals surface area contributed by atoms with Crippen LogP contribution in [0, 0.1) is 0 Å². The average Bonchev–Trinajstić information content (AvgIpc) is 2.13. The van der Waals surface area contributed by atoms with Crippen LogP contribution in [0.1, 0.15) is 6.42 Å². The third kappa shape index (κ3) is 2.55. The zero-order valence-corrected chi connectivity index (χ0v) is 7.56. The molecule has 0 atom stereocenters. The Labute approximate surface area is 76.2 Å². The summed E-state index contributed by atoms with van der Waals surface area (Å²) in [6, 6.07) is 0. The number of ether oxygens (including phenoxy) is 1. The van der Waals surface area contributed by atoms with Gasteiger partial charge in [-0.05, 0) is 13.0 Å². The average molecular weight is 183 g/mol. The van der Waals surface area contributed by atoms with Gasteiger partial charge >= 0.3 is 5.56 Å². The van der Waals surface area contributed by atoms with Crippen molar-refractivity contribution in [3.8, 4) is 5.88 Å². The second-order valence-corrected chi connectivity index (χ2v) is 2.64. The molecular weight excluding hydrogens is 170 g/mol. The number of nitrogens with two attached hydrogens (primary N) is 1. The van der Waals surface area contributed by atoms with Gasteiger partial charge in [0.25, 0.3) is 5.88 Å². The minimum Gasteiger partial charge on any atom is -0.474 e. The Morgan fingerprint density at radius 1 is 1.69 bits per heavy atom. The lowest BCUT2D eigenvalue weighted by Gasteiger charge is -2.03. The van der Waals surface area contributed by atoms with Gasteiger partial charge in [0, 0.05) is 19.4 Å². The van der Waals surface area contributed by atoms with E-state index in [1.54, 1.807) is 13.2 Å². The second-order valence-electron chi connectivity index (χ2n) is 2.64. The molecule has 5 nitrogen and oxygen atoms in total. The Kier molecular flexibility index (Phi) is 3.45. The van der Waals surface area contributed by atoms with Crippen molar-refractivity contribution in [3.05, 3.63) is 22.7 Å². The monoisotopic (exact) mass is 183 g/mol. The first-order valence-electron chi connectivity index (χ1n) is 4.10. The highest BCUT2D eigenvalue weighted by Gasteiger charge is 2.01. The van der Waals surface area contributed by atoms with Crippen molar-refractivity contribution in [2.75, 3.05) is 13.2 Å². The molecule has 1 aromatic heterocycles. The molecule has 0 saturated heterocycles. The molecule has 0 spiro atoms. The Hall–Kier alpha value is -1.36. The number of aromatic nitrogens is 2. The van der Waals surface area contributed by atoms with Crippen LogP contribution in [-0.4, -0.2) is 22.7 Å². The molecule has 0 aliphatic carbocycles. The SMILES string of the molecule is Cn1ccnc(OCCCN)c1=O. The molecule has 0 aliphatic rings. The zero-order valence-electron chi connectivity index (χ0n) is 7.56. The molecule has 5 heteroatoms. The summed E-state index contributed by atoms with van der Waals surface area (Å²) in [7, 11) is 1.65. The second kappa shape index (κ2) is 4.61. The highest BCUT2D eigenvalue weighted by atomic mass is 16.5. The minimum absolute atomic E-state index is 0.137. The van der Waals surface area contributed by atoms with Gasteiger partial charge in [-0.3, -0.25) is 4.79 Å². The van der Waals surface area contributed by atoms with Gasteiger partial charge in [-0.25, -0.2) is 4.98 Å². The number of hydrogen-bond acceptors (Lipinski definition) is 4. The molecule has 0 amide bonds. The third-order valence-electron chi connectivity index (χ3n) is 1.57. The maximum absolute atomic E-state index is 11.3. The van der Waals surface area contributed by atoms with E-state index in [-0.39, 0.29) is 11.4 Å². The molecule has 1 heterocycles. The normalized spacial score (nSPS) is 10.0. The summed E-state index contributed by atoms with van der Waals surface area (Å²) in [6.45, 7) is 0.982. The number of nitrogens with zero attached hydrogens (tertiary/aromatic N) is 2. The maximum atomic E-state index is 11.3. The number of aryl methyl sites for hydroxylation is 1. The summed E-state index contributed by atoms with van der Waals surface area (Å²) in [4.78, 5) is 15.1. The molecule has 0 radical (unpaired) electrons. The van der Waals surface area contributed by atoms with Crippen LogP contribution in [0.2, 0.25) is 0 Å². The molecule has 0 aromatic carbocycles. The fraction of sp³-hybridized carbons (Fsp3) is 0.500. The van der Waals surface area contributed by atoms with Crippen LogP contribution in [0.5, 0.6) is 5.88 Å². The third-order valence-corrected chi connectivity index (χ3v) is 1.57. The molecular formula is C8H13N3O2. The summed E-state index contributed by atoms with van der Waals surface area (Å²) >= 11 is 0. The first-order valence-corrected chi connectivity index (χ1v) is 4.10. The largest absolute Gasteiger partial charge is 0.474 e. The van der Waals surface area contributed by atoms with Crippen molar-refractivity contribution < 1.29 is 4.74 Å². The minimum atomic E-state index is -0.223. The molecule has 0 saturated carbocycles. The molecule has 72 valence electrons. The first-order chi connectivity index (χ1) is 6.25. The van der Waals surface area contributed by atoms with Gasteiger partial charge in [0.2, 0.25) is 0 Å². The van der Waals surface area contributed by atoms with Crippen LogP contribution in [0.4, 0.5) is 0 Å². The first kappa shape index (κ1) is 9.73. The molecule has 1 aromatic rings. The number of rotatable bonds is 4. The van der Waals surface area contributed by atoms with E-state index < -0.39 is 0 Å². The van der Waals surface area contributed by atoms with E-state index in [4.69, 9.17) is 10.5 Å². The van der Waals surface area contributed by atoms with Crippen LogP contribution in [0.3, 0.4) is 0 Å². The lowest BCUT2D eigenvalue weighted by atomic mass is 10.5. The van der Waals surface area contributed by atoms with Crippen molar-refractivity contribution in [1.29, 1.82) is 0 Å². The Bertz CT molecular complexity index is 321. The van der Waals surface area contributed by atoms with Gasteiger partial charge in [-0.15, -0.1) is 0 Å². The molecule has 0 aliphatic heterocycles. The van der Waals surface area contributed by atoms with Crippen molar-refractivity contribution in [3.63, 3.8) is 0 Å². The van der Waals surface area contributed by atoms with E-state index in [9.17, 15) is 4.79 Å². The van der Waals surface area contributed by atoms with Gasteiger partial charge in [-0.2, -0.15) is 0 Å². The van der Waals surface area contributed by atoms with Crippen LogP contribution in [-0.2, 0) is 7.05 Å². The van der Waals surface area contributed by atoms with E-state index in [2.05, 4.69) is 4.98 Å². The van der Waals surface area contributed by atoms with Crippen LogP contribution in [0.25, 0.3) is 0 Å². The van der Waals surface area contributed by atoms with Crippen LogP contribution < -0.4 is 16.0 Å². The van der Waals surface area contributed by atoms with Gasteiger partial charge in [0.1, 0.15) is 0 Å². The molecule has 0 bridgehead atoms.